The zero-order valence-corrected chi connectivity index (χ0v) is 14.3. The van der Waals surface area contributed by atoms with Gasteiger partial charge in [-0.15, -0.1) is 0 Å². The van der Waals surface area contributed by atoms with E-state index < -0.39 is 0 Å². The second-order valence-corrected chi connectivity index (χ2v) is 6.09. The number of nitrogens with zero attached hydrogens (tertiary/aromatic N) is 2. The van der Waals surface area contributed by atoms with E-state index in [1.165, 1.54) is 5.56 Å². The van der Waals surface area contributed by atoms with Gasteiger partial charge in [-0.05, 0) is 49.2 Å². The molecular formula is C18H18ClN3O2. The Bertz CT molecular complexity index is 889. The molecule has 0 saturated carbocycles. The fraction of sp³-hybridized carbons (Fsp3) is 0.222. The highest BCUT2D eigenvalue weighted by atomic mass is 35.5. The molecule has 124 valence electrons. The van der Waals surface area contributed by atoms with Gasteiger partial charge in [0.05, 0.1) is 17.3 Å². The Morgan fingerprint density at radius 3 is 2.83 bits per heavy atom. The Labute approximate surface area is 145 Å². The number of aryl methyl sites for hydroxylation is 2. The summed E-state index contributed by atoms with van der Waals surface area (Å²) >= 11 is 5.94. The van der Waals surface area contributed by atoms with Crippen molar-refractivity contribution in [3.63, 3.8) is 0 Å². The van der Waals surface area contributed by atoms with Crippen molar-refractivity contribution in [1.82, 2.24) is 14.7 Å². The van der Waals surface area contributed by atoms with Gasteiger partial charge >= 0.3 is 0 Å². The van der Waals surface area contributed by atoms with Crippen LogP contribution in [0.25, 0.3) is 5.65 Å². The standard InChI is InChI=1S/C18H18ClN3O2/c1-12-3-5-16(7-13(12)2)24-11-18(23)20-8-15-10-22-9-14(19)4-6-17(22)21-15/h3-7,9-10H,8,11H2,1-2H3,(H,20,23). The highest BCUT2D eigenvalue weighted by Crippen LogP contribution is 2.16. The number of amides is 1. The molecule has 0 aliphatic carbocycles. The third-order valence-electron chi connectivity index (χ3n) is 3.78. The number of carbonyl (C=O) groups is 1. The average molecular weight is 344 g/mol. The van der Waals surface area contributed by atoms with Gasteiger partial charge in [-0.1, -0.05) is 17.7 Å². The van der Waals surface area contributed by atoms with Crippen molar-refractivity contribution in [1.29, 1.82) is 0 Å². The molecule has 1 N–H and O–H groups in total. The Balaban J connectivity index is 1.53. The minimum absolute atomic E-state index is 0.0261. The van der Waals surface area contributed by atoms with Crippen molar-refractivity contribution in [2.24, 2.45) is 0 Å². The van der Waals surface area contributed by atoms with Gasteiger partial charge in [0.15, 0.2) is 6.61 Å². The van der Waals surface area contributed by atoms with Gasteiger partial charge in [0.1, 0.15) is 11.4 Å². The van der Waals surface area contributed by atoms with E-state index in [1.54, 1.807) is 12.3 Å². The molecule has 3 rings (SSSR count). The van der Waals surface area contributed by atoms with Crippen LogP contribution in [0.1, 0.15) is 16.8 Å². The van der Waals surface area contributed by atoms with Gasteiger partial charge in [0.2, 0.25) is 0 Å². The molecule has 0 saturated heterocycles. The summed E-state index contributed by atoms with van der Waals surface area (Å²) in [6.07, 6.45) is 3.61. The Morgan fingerprint density at radius 2 is 2.04 bits per heavy atom. The molecule has 2 aromatic heterocycles. The van der Waals surface area contributed by atoms with Gasteiger partial charge < -0.3 is 14.5 Å². The van der Waals surface area contributed by atoms with Crippen molar-refractivity contribution in [3.8, 4) is 5.75 Å². The number of nitrogens with one attached hydrogen (secondary N) is 1. The SMILES string of the molecule is Cc1ccc(OCC(=O)NCc2cn3cc(Cl)ccc3n2)cc1C. The number of aromatic nitrogens is 2. The summed E-state index contributed by atoms with van der Waals surface area (Å²) in [4.78, 5) is 16.3. The molecule has 1 amide bonds. The van der Waals surface area contributed by atoms with Crippen LogP contribution in [0.4, 0.5) is 0 Å². The molecule has 0 aliphatic heterocycles. The fourth-order valence-electron chi connectivity index (χ4n) is 2.30. The van der Waals surface area contributed by atoms with Crippen molar-refractivity contribution >= 4 is 23.2 Å². The van der Waals surface area contributed by atoms with Gasteiger partial charge in [-0.3, -0.25) is 4.79 Å². The topological polar surface area (TPSA) is 55.6 Å². The molecule has 0 unspecified atom stereocenters. The van der Waals surface area contributed by atoms with E-state index in [1.807, 2.05) is 48.7 Å². The first kappa shape index (κ1) is 16.3. The van der Waals surface area contributed by atoms with Crippen LogP contribution in [0.2, 0.25) is 5.02 Å². The Hall–Kier alpha value is -2.53. The average Bonchev–Trinajstić information content (AvgIpc) is 2.96. The summed E-state index contributed by atoms with van der Waals surface area (Å²) in [6.45, 7) is 4.36. The molecule has 2 heterocycles. The number of pyridine rings is 1. The van der Waals surface area contributed by atoms with Crippen molar-refractivity contribution in [2.75, 3.05) is 6.61 Å². The number of halogens is 1. The minimum Gasteiger partial charge on any atom is -0.484 e. The Morgan fingerprint density at radius 1 is 1.21 bits per heavy atom. The van der Waals surface area contributed by atoms with Crippen LogP contribution in [0, 0.1) is 13.8 Å². The number of ether oxygens (including phenoxy) is 1. The van der Waals surface area contributed by atoms with E-state index in [2.05, 4.69) is 10.3 Å². The molecule has 0 radical (unpaired) electrons. The first-order valence-corrected chi connectivity index (χ1v) is 7.99. The van der Waals surface area contributed by atoms with E-state index in [0.717, 1.165) is 16.9 Å². The molecule has 24 heavy (non-hydrogen) atoms. The predicted molar refractivity (Wildman–Crippen MR) is 93.5 cm³/mol. The van der Waals surface area contributed by atoms with E-state index in [0.29, 0.717) is 17.3 Å². The second kappa shape index (κ2) is 6.93. The van der Waals surface area contributed by atoms with Crippen LogP contribution >= 0.6 is 11.6 Å². The summed E-state index contributed by atoms with van der Waals surface area (Å²) in [7, 11) is 0. The maximum Gasteiger partial charge on any atom is 0.258 e. The zero-order chi connectivity index (χ0) is 17.1. The molecule has 0 atom stereocenters. The quantitative estimate of drug-likeness (QED) is 0.773. The van der Waals surface area contributed by atoms with Gasteiger partial charge in [-0.2, -0.15) is 0 Å². The number of fused-ring (bicyclic) bond motifs is 1. The lowest BCUT2D eigenvalue weighted by Gasteiger charge is -2.08. The summed E-state index contributed by atoms with van der Waals surface area (Å²) < 4.78 is 7.34. The second-order valence-electron chi connectivity index (χ2n) is 5.66. The number of benzene rings is 1. The molecule has 0 fully saturated rings. The van der Waals surface area contributed by atoms with Crippen LogP contribution in [0.5, 0.6) is 5.75 Å². The van der Waals surface area contributed by atoms with Crippen molar-refractivity contribution < 1.29 is 9.53 Å². The van der Waals surface area contributed by atoms with Crippen LogP contribution in [0.3, 0.4) is 0 Å². The number of carbonyl (C=O) groups excluding carboxylic acids is 1. The molecule has 0 aliphatic rings. The van der Waals surface area contributed by atoms with Crippen LogP contribution in [-0.2, 0) is 11.3 Å². The molecule has 0 bridgehead atoms. The van der Waals surface area contributed by atoms with Gasteiger partial charge in [0, 0.05) is 12.4 Å². The molecule has 6 heteroatoms. The number of rotatable bonds is 5. The highest BCUT2D eigenvalue weighted by Gasteiger charge is 2.06. The first-order valence-electron chi connectivity index (χ1n) is 7.61. The fourth-order valence-corrected chi connectivity index (χ4v) is 2.46. The minimum atomic E-state index is -0.191. The van der Waals surface area contributed by atoms with E-state index in [4.69, 9.17) is 16.3 Å². The Kier molecular flexibility index (Phi) is 4.71. The third kappa shape index (κ3) is 3.86. The predicted octanol–water partition coefficient (Wildman–Crippen LogP) is 3.30. The normalized spacial score (nSPS) is 10.8. The lowest BCUT2D eigenvalue weighted by molar-refractivity contribution is -0.123. The summed E-state index contributed by atoms with van der Waals surface area (Å²) in [6, 6.07) is 9.38. The molecule has 3 aromatic rings. The van der Waals surface area contributed by atoms with E-state index in [-0.39, 0.29) is 12.5 Å². The van der Waals surface area contributed by atoms with Crippen LogP contribution in [0.15, 0.2) is 42.7 Å². The molecule has 5 nitrogen and oxygen atoms in total. The smallest absolute Gasteiger partial charge is 0.258 e. The van der Waals surface area contributed by atoms with E-state index >= 15 is 0 Å². The zero-order valence-electron chi connectivity index (χ0n) is 13.5. The van der Waals surface area contributed by atoms with Crippen LogP contribution < -0.4 is 10.1 Å². The van der Waals surface area contributed by atoms with Crippen molar-refractivity contribution in [3.05, 3.63) is 64.6 Å². The van der Waals surface area contributed by atoms with Gasteiger partial charge in [-0.25, -0.2) is 4.98 Å². The molecule has 1 aromatic carbocycles. The van der Waals surface area contributed by atoms with Crippen LogP contribution in [-0.4, -0.2) is 21.9 Å². The number of hydrogen-bond donors (Lipinski definition) is 1. The lowest BCUT2D eigenvalue weighted by atomic mass is 10.1. The summed E-state index contributed by atoms with van der Waals surface area (Å²) in [5.74, 6) is 0.499. The van der Waals surface area contributed by atoms with Gasteiger partial charge in [0.25, 0.3) is 5.91 Å². The monoisotopic (exact) mass is 343 g/mol. The maximum atomic E-state index is 11.9. The summed E-state index contributed by atoms with van der Waals surface area (Å²) in [5, 5.41) is 3.43. The molecular weight excluding hydrogens is 326 g/mol. The number of imidazole rings is 1. The molecule has 0 spiro atoms. The third-order valence-corrected chi connectivity index (χ3v) is 4.00. The van der Waals surface area contributed by atoms with E-state index in [9.17, 15) is 4.79 Å². The first-order chi connectivity index (χ1) is 11.5. The highest BCUT2D eigenvalue weighted by molar-refractivity contribution is 6.30. The summed E-state index contributed by atoms with van der Waals surface area (Å²) in [5.41, 5.74) is 3.88. The largest absolute Gasteiger partial charge is 0.484 e. The van der Waals surface area contributed by atoms with Crippen molar-refractivity contribution in [2.45, 2.75) is 20.4 Å². The number of hydrogen-bond acceptors (Lipinski definition) is 3. The maximum absolute atomic E-state index is 11.9. The lowest BCUT2D eigenvalue weighted by Crippen LogP contribution is -2.28.